The molecule has 1 heterocycles. The maximum atomic E-state index is 11.4. The van der Waals surface area contributed by atoms with E-state index in [-0.39, 0.29) is 11.8 Å². The fourth-order valence-corrected chi connectivity index (χ4v) is 2.40. The minimum atomic E-state index is -0.108. The number of hydrogen-bond donors (Lipinski definition) is 2. The Bertz CT molecular complexity index is 300. The lowest BCUT2D eigenvalue weighted by Gasteiger charge is -2.08. The van der Waals surface area contributed by atoms with Gasteiger partial charge in [-0.25, -0.2) is 5.43 Å². The second-order valence-electron chi connectivity index (χ2n) is 2.60. The molecule has 1 amide bonds. The Balaban J connectivity index is 2.67. The smallest absolute Gasteiger partial charge is 0.242 e. The van der Waals surface area contributed by atoms with Gasteiger partial charge in [-0.15, -0.1) is 11.3 Å². The summed E-state index contributed by atoms with van der Waals surface area (Å²) in [7, 11) is 1.68. The lowest BCUT2D eigenvalue weighted by atomic mass is 10.1. The van der Waals surface area contributed by atoms with Crippen LogP contribution >= 0.6 is 27.3 Å². The van der Waals surface area contributed by atoms with E-state index in [4.69, 9.17) is 0 Å². The summed E-state index contributed by atoms with van der Waals surface area (Å²) in [6.07, 6.45) is 0. The van der Waals surface area contributed by atoms with Crippen molar-refractivity contribution in [3.05, 3.63) is 20.8 Å². The van der Waals surface area contributed by atoms with E-state index in [1.54, 1.807) is 18.4 Å². The van der Waals surface area contributed by atoms with Crippen molar-refractivity contribution in [3.8, 4) is 0 Å². The van der Waals surface area contributed by atoms with E-state index in [2.05, 4.69) is 26.8 Å². The Morgan fingerprint density at radius 3 is 2.77 bits per heavy atom. The molecule has 0 aliphatic carbocycles. The molecule has 5 heteroatoms. The largest absolute Gasteiger partial charge is 0.291 e. The lowest BCUT2D eigenvalue weighted by molar-refractivity contribution is -0.122. The lowest BCUT2D eigenvalue weighted by Crippen LogP contribution is -2.36. The molecule has 0 fully saturated rings. The van der Waals surface area contributed by atoms with Crippen LogP contribution in [0.25, 0.3) is 0 Å². The zero-order valence-corrected chi connectivity index (χ0v) is 9.83. The molecule has 0 radical (unpaired) electrons. The Kier molecular flexibility index (Phi) is 3.90. The van der Waals surface area contributed by atoms with Crippen LogP contribution in [0.5, 0.6) is 0 Å². The van der Waals surface area contributed by atoms with Gasteiger partial charge in [-0.2, -0.15) is 0 Å². The molecule has 2 N–H and O–H groups in total. The first kappa shape index (κ1) is 10.7. The number of rotatable bonds is 3. The minimum Gasteiger partial charge on any atom is -0.291 e. The number of hydrazine groups is 1. The highest BCUT2D eigenvalue weighted by molar-refractivity contribution is 9.11. The second kappa shape index (κ2) is 4.74. The number of amides is 1. The molecule has 0 spiro atoms. The Labute approximate surface area is 89.6 Å². The minimum absolute atomic E-state index is 0.0168. The van der Waals surface area contributed by atoms with Gasteiger partial charge in [0.15, 0.2) is 0 Å². The average Bonchev–Trinajstić information content (AvgIpc) is 2.51. The zero-order chi connectivity index (χ0) is 9.84. The summed E-state index contributed by atoms with van der Waals surface area (Å²) in [6.45, 7) is 1.88. The molecular formula is C8H11BrN2OS. The molecule has 1 aromatic heterocycles. The summed E-state index contributed by atoms with van der Waals surface area (Å²) in [6, 6.07) is 3.90. The molecule has 1 unspecified atom stereocenters. The van der Waals surface area contributed by atoms with E-state index in [0.717, 1.165) is 8.66 Å². The van der Waals surface area contributed by atoms with Crippen LogP contribution in [0.2, 0.25) is 0 Å². The number of nitrogens with one attached hydrogen (secondary N) is 2. The monoisotopic (exact) mass is 262 g/mol. The topological polar surface area (TPSA) is 41.1 Å². The van der Waals surface area contributed by atoms with E-state index in [9.17, 15) is 4.79 Å². The maximum Gasteiger partial charge on any atom is 0.242 e. The molecule has 3 nitrogen and oxygen atoms in total. The fraction of sp³-hybridized carbons (Fsp3) is 0.375. The Morgan fingerprint density at radius 1 is 1.62 bits per heavy atom. The molecule has 13 heavy (non-hydrogen) atoms. The maximum absolute atomic E-state index is 11.4. The SMILES string of the molecule is CNNC(=O)C(C)c1ccc(Br)s1. The van der Waals surface area contributed by atoms with Crippen LogP contribution in [0.4, 0.5) is 0 Å². The van der Waals surface area contributed by atoms with Crippen molar-refractivity contribution in [2.75, 3.05) is 7.05 Å². The first-order valence-electron chi connectivity index (χ1n) is 3.87. The predicted molar refractivity (Wildman–Crippen MR) is 57.6 cm³/mol. The van der Waals surface area contributed by atoms with Gasteiger partial charge < -0.3 is 0 Å². The van der Waals surface area contributed by atoms with Gasteiger partial charge in [0, 0.05) is 11.9 Å². The van der Waals surface area contributed by atoms with Gasteiger partial charge in [-0.05, 0) is 35.0 Å². The van der Waals surface area contributed by atoms with Gasteiger partial charge in [0.1, 0.15) is 0 Å². The van der Waals surface area contributed by atoms with Crippen LogP contribution in [0.3, 0.4) is 0 Å². The standard InChI is InChI=1S/C8H11BrN2OS/c1-5(8(12)11-10-2)6-3-4-7(9)13-6/h3-5,10H,1-2H3,(H,11,12). The third-order valence-corrected chi connectivity index (χ3v) is 3.47. The molecule has 0 aliphatic rings. The second-order valence-corrected chi connectivity index (χ2v) is 5.10. The van der Waals surface area contributed by atoms with Crippen LogP contribution in [-0.2, 0) is 4.79 Å². The van der Waals surface area contributed by atoms with Gasteiger partial charge in [-0.1, -0.05) is 0 Å². The number of hydrogen-bond acceptors (Lipinski definition) is 3. The molecule has 1 rings (SSSR count). The van der Waals surface area contributed by atoms with Crippen LogP contribution in [-0.4, -0.2) is 13.0 Å². The van der Waals surface area contributed by atoms with Gasteiger partial charge in [0.25, 0.3) is 0 Å². The molecule has 1 aromatic rings. The Hall–Kier alpha value is -0.390. The third-order valence-electron chi connectivity index (χ3n) is 1.66. The van der Waals surface area contributed by atoms with Crippen molar-refractivity contribution >= 4 is 33.2 Å². The molecule has 0 saturated carbocycles. The van der Waals surface area contributed by atoms with E-state index >= 15 is 0 Å². The first-order chi connectivity index (χ1) is 6.15. The quantitative estimate of drug-likeness (QED) is 0.817. The highest BCUT2D eigenvalue weighted by atomic mass is 79.9. The van der Waals surface area contributed by atoms with Crippen molar-refractivity contribution in [2.45, 2.75) is 12.8 Å². The zero-order valence-electron chi connectivity index (χ0n) is 7.43. The Morgan fingerprint density at radius 2 is 2.31 bits per heavy atom. The van der Waals surface area contributed by atoms with Crippen LogP contribution < -0.4 is 10.9 Å². The molecule has 1 atom stereocenters. The summed E-state index contributed by atoms with van der Waals surface area (Å²) in [5.41, 5.74) is 5.17. The molecule has 72 valence electrons. The number of carbonyl (C=O) groups is 1. The summed E-state index contributed by atoms with van der Waals surface area (Å²) >= 11 is 4.94. The normalized spacial score (nSPS) is 12.5. The van der Waals surface area contributed by atoms with Crippen LogP contribution in [0, 0.1) is 0 Å². The summed E-state index contributed by atoms with van der Waals surface area (Å²) in [5.74, 6) is -0.124. The molecule has 0 bridgehead atoms. The predicted octanol–water partition coefficient (Wildman–Crippen LogP) is 1.86. The van der Waals surface area contributed by atoms with Gasteiger partial charge in [0.05, 0.1) is 9.70 Å². The van der Waals surface area contributed by atoms with E-state index < -0.39 is 0 Å². The van der Waals surface area contributed by atoms with Crippen molar-refractivity contribution in [2.24, 2.45) is 0 Å². The number of halogens is 1. The van der Waals surface area contributed by atoms with Crippen molar-refractivity contribution in [1.82, 2.24) is 10.9 Å². The number of carbonyl (C=O) groups excluding carboxylic acids is 1. The van der Waals surface area contributed by atoms with E-state index in [0.29, 0.717) is 0 Å². The summed E-state index contributed by atoms with van der Waals surface area (Å²) in [5, 5.41) is 0. The summed E-state index contributed by atoms with van der Waals surface area (Å²) in [4.78, 5) is 12.4. The highest BCUT2D eigenvalue weighted by Crippen LogP contribution is 2.28. The first-order valence-corrected chi connectivity index (χ1v) is 5.48. The van der Waals surface area contributed by atoms with E-state index in [1.165, 1.54) is 0 Å². The van der Waals surface area contributed by atoms with Crippen LogP contribution in [0.1, 0.15) is 17.7 Å². The van der Waals surface area contributed by atoms with E-state index in [1.807, 2.05) is 19.1 Å². The van der Waals surface area contributed by atoms with Gasteiger partial charge in [-0.3, -0.25) is 10.2 Å². The molecular weight excluding hydrogens is 252 g/mol. The molecule has 0 saturated heterocycles. The van der Waals surface area contributed by atoms with Crippen molar-refractivity contribution < 1.29 is 4.79 Å². The molecule has 0 aliphatic heterocycles. The van der Waals surface area contributed by atoms with Crippen molar-refractivity contribution in [1.29, 1.82) is 0 Å². The van der Waals surface area contributed by atoms with Gasteiger partial charge in [0.2, 0.25) is 5.91 Å². The molecule has 0 aromatic carbocycles. The van der Waals surface area contributed by atoms with Gasteiger partial charge >= 0.3 is 0 Å². The fourth-order valence-electron chi connectivity index (χ4n) is 0.922. The highest BCUT2D eigenvalue weighted by Gasteiger charge is 2.15. The average molecular weight is 263 g/mol. The van der Waals surface area contributed by atoms with Crippen LogP contribution in [0.15, 0.2) is 15.9 Å². The van der Waals surface area contributed by atoms with Crippen molar-refractivity contribution in [3.63, 3.8) is 0 Å². The number of thiophene rings is 1. The third kappa shape index (κ3) is 2.79. The summed E-state index contributed by atoms with van der Waals surface area (Å²) < 4.78 is 1.05.